The van der Waals surface area contributed by atoms with Crippen LogP contribution in [-0.4, -0.2) is 16.6 Å². The maximum absolute atomic E-state index is 13.3. The molecule has 0 saturated heterocycles. The zero-order valence-corrected chi connectivity index (χ0v) is 19.9. The minimum atomic E-state index is -0.215. The van der Waals surface area contributed by atoms with Crippen LogP contribution in [0.2, 0.25) is 5.02 Å². The first kappa shape index (κ1) is 22.1. The Hall–Kier alpha value is -3.74. The molecule has 1 aromatic heterocycles. The number of aromatic nitrogens is 1. The number of hydrogen-bond donors (Lipinski definition) is 0. The summed E-state index contributed by atoms with van der Waals surface area (Å²) in [5.74, 6) is 0.446. The summed E-state index contributed by atoms with van der Waals surface area (Å²) in [6.45, 7) is 2.15. The van der Waals surface area contributed by atoms with E-state index < -0.39 is 0 Å². The van der Waals surface area contributed by atoms with Crippen LogP contribution in [0.25, 0.3) is 17.3 Å². The third kappa shape index (κ3) is 4.51. The van der Waals surface area contributed by atoms with Crippen molar-refractivity contribution in [1.29, 1.82) is 0 Å². The highest BCUT2D eigenvalue weighted by Crippen LogP contribution is 2.32. The normalized spacial score (nSPS) is 14.5. The van der Waals surface area contributed by atoms with Gasteiger partial charge in [0.15, 0.2) is 0 Å². The number of carbonyl (C=O) groups excluding carboxylic acids is 1. The third-order valence-electron chi connectivity index (χ3n) is 5.37. The number of para-hydroxylation sites is 1. The van der Waals surface area contributed by atoms with Crippen molar-refractivity contribution in [2.45, 2.75) is 13.5 Å². The fraction of sp³-hybridized carbons (Fsp3) is 0.0741. The number of halogens is 1. The summed E-state index contributed by atoms with van der Waals surface area (Å²) in [5.41, 5.74) is 4.63. The van der Waals surface area contributed by atoms with E-state index in [1.54, 1.807) is 0 Å². The van der Waals surface area contributed by atoms with Crippen molar-refractivity contribution < 1.29 is 9.53 Å². The Kier molecular flexibility index (Phi) is 6.25. The molecule has 0 bridgehead atoms. The lowest BCUT2D eigenvalue weighted by molar-refractivity contribution is -0.114. The molecule has 168 valence electrons. The highest BCUT2D eigenvalue weighted by atomic mass is 35.5. The molecule has 0 fully saturated rings. The molecule has 2 heterocycles. The molecule has 34 heavy (non-hydrogen) atoms. The number of nitrogens with zero attached hydrogens (tertiary/aromatic N) is 3. The fourth-order valence-corrected chi connectivity index (χ4v) is 4.55. The van der Waals surface area contributed by atoms with Gasteiger partial charge in [0, 0.05) is 27.1 Å². The molecule has 0 radical (unpaired) electrons. The highest BCUT2D eigenvalue weighted by molar-refractivity contribution is 7.14. The molecule has 3 aromatic carbocycles. The maximum atomic E-state index is 13.3. The first-order valence-electron chi connectivity index (χ1n) is 10.7. The van der Waals surface area contributed by atoms with Crippen molar-refractivity contribution in [2.75, 3.05) is 5.01 Å². The lowest BCUT2D eigenvalue weighted by Crippen LogP contribution is -2.21. The molecule has 1 amide bonds. The average molecular weight is 486 g/mol. The summed E-state index contributed by atoms with van der Waals surface area (Å²) in [6, 6.07) is 25.0. The smallest absolute Gasteiger partial charge is 0.282 e. The van der Waals surface area contributed by atoms with Crippen LogP contribution in [0.15, 0.2) is 94.9 Å². The summed E-state index contributed by atoms with van der Waals surface area (Å²) in [5, 5.41) is 8.97. The molecular weight excluding hydrogens is 466 g/mol. The number of hydrazone groups is 1. The zero-order chi connectivity index (χ0) is 23.5. The van der Waals surface area contributed by atoms with Crippen molar-refractivity contribution in [3.05, 3.63) is 106 Å². The van der Waals surface area contributed by atoms with Gasteiger partial charge < -0.3 is 4.74 Å². The fourth-order valence-electron chi connectivity index (χ4n) is 3.57. The zero-order valence-electron chi connectivity index (χ0n) is 18.3. The van der Waals surface area contributed by atoms with Crippen LogP contribution in [0.3, 0.4) is 0 Å². The largest absolute Gasteiger partial charge is 0.488 e. The molecule has 0 saturated carbocycles. The van der Waals surface area contributed by atoms with Crippen molar-refractivity contribution in [3.63, 3.8) is 0 Å². The van der Waals surface area contributed by atoms with E-state index in [-0.39, 0.29) is 5.91 Å². The van der Waals surface area contributed by atoms with E-state index in [9.17, 15) is 4.79 Å². The summed E-state index contributed by atoms with van der Waals surface area (Å²) < 4.78 is 6.04. The topological polar surface area (TPSA) is 54.8 Å². The Morgan fingerprint density at radius 1 is 1.00 bits per heavy atom. The summed E-state index contributed by atoms with van der Waals surface area (Å²) in [4.78, 5) is 17.9. The van der Waals surface area contributed by atoms with Gasteiger partial charge in [0.2, 0.25) is 5.13 Å². The summed E-state index contributed by atoms with van der Waals surface area (Å²) in [7, 11) is 0. The molecule has 5 rings (SSSR count). The number of amides is 1. The van der Waals surface area contributed by atoms with Crippen LogP contribution in [0.1, 0.15) is 18.1 Å². The van der Waals surface area contributed by atoms with Crippen LogP contribution in [0.5, 0.6) is 5.75 Å². The number of benzene rings is 3. The summed E-state index contributed by atoms with van der Waals surface area (Å²) in [6.07, 6.45) is 1.81. The third-order valence-corrected chi connectivity index (χ3v) is 6.55. The van der Waals surface area contributed by atoms with Gasteiger partial charge in [-0.1, -0.05) is 78.3 Å². The molecule has 0 atom stereocenters. The molecule has 1 aliphatic rings. The second-order valence-electron chi connectivity index (χ2n) is 7.66. The molecule has 7 heteroatoms. The van der Waals surface area contributed by atoms with Crippen LogP contribution in [0, 0.1) is 0 Å². The Labute approximate surface area is 206 Å². The van der Waals surface area contributed by atoms with E-state index in [1.807, 2.05) is 97.2 Å². The van der Waals surface area contributed by atoms with E-state index in [2.05, 4.69) is 10.1 Å². The molecule has 4 aromatic rings. The number of hydrogen-bond acceptors (Lipinski definition) is 5. The van der Waals surface area contributed by atoms with Crippen molar-refractivity contribution in [3.8, 4) is 17.0 Å². The Morgan fingerprint density at radius 2 is 1.74 bits per heavy atom. The van der Waals surface area contributed by atoms with Crippen LogP contribution >= 0.6 is 22.9 Å². The predicted octanol–water partition coefficient (Wildman–Crippen LogP) is 6.85. The van der Waals surface area contributed by atoms with Gasteiger partial charge >= 0.3 is 0 Å². The molecule has 0 aliphatic carbocycles. The lowest BCUT2D eigenvalue weighted by atomic mass is 10.1. The van der Waals surface area contributed by atoms with Gasteiger partial charge in [-0.05, 0) is 25.1 Å². The maximum Gasteiger partial charge on any atom is 0.282 e. The second kappa shape index (κ2) is 9.63. The van der Waals surface area contributed by atoms with E-state index in [0.717, 1.165) is 22.4 Å². The van der Waals surface area contributed by atoms with Crippen LogP contribution < -0.4 is 9.75 Å². The van der Waals surface area contributed by atoms with Gasteiger partial charge in [0.25, 0.3) is 5.91 Å². The van der Waals surface area contributed by atoms with Crippen molar-refractivity contribution in [1.82, 2.24) is 4.98 Å². The van der Waals surface area contributed by atoms with E-state index >= 15 is 0 Å². The number of anilines is 1. The minimum Gasteiger partial charge on any atom is -0.488 e. The van der Waals surface area contributed by atoms with Gasteiger partial charge in [-0.2, -0.15) is 10.1 Å². The minimum absolute atomic E-state index is 0.215. The van der Waals surface area contributed by atoms with Gasteiger partial charge in [0.05, 0.1) is 17.0 Å². The molecule has 0 spiro atoms. The van der Waals surface area contributed by atoms with Gasteiger partial charge in [-0.25, -0.2) is 4.98 Å². The van der Waals surface area contributed by atoms with Crippen molar-refractivity contribution in [2.24, 2.45) is 5.10 Å². The van der Waals surface area contributed by atoms with E-state index in [4.69, 9.17) is 16.3 Å². The van der Waals surface area contributed by atoms with Gasteiger partial charge in [-0.3, -0.25) is 4.79 Å². The second-order valence-corrected chi connectivity index (χ2v) is 8.90. The Morgan fingerprint density at radius 3 is 2.56 bits per heavy atom. The Balaban J connectivity index is 1.38. The SMILES string of the molecule is CC1=NN(c2nc(-c3ccccc3)cs2)C(=O)C1=Cc1ccccc1OCc1ccccc1Cl. The monoisotopic (exact) mass is 485 g/mol. The molecule has 5 nitrogen and oxygen atoms in total. The van der Waals surface area contributed by atoms with Crippen LogP contribution in [0.4, 0.5) is 5.13 Å². The molecule has 0 N–H and O–H groups in total. The first-order valence-corrected chi connectivity index (χ1v) is 11.9. The number of rotatable bonds is 6. The van der Waals surface area contributed by atoms with E-state index in [1.165, 1.54) is 16.3 Å². The summed E-state index contributed by atoms with van der Waals surface area (Å²) >= 11 is 7.65. The molecule has 1 aliphatic heterocycles. The lowest BCUT2D eigenvalue weighted by Gasteiger charge is -2.11. The van der Waals surface area contributed by atoms with Crippen LogP contribution in [-0.2, 0) is 11.4 Å². The number of thiazole rings is 1. The number of carbonyl (C=O) groups is 1. The van der Waals surface area contributed by atoms with E-state index in [0.29, 0.717) is 33.8 Å². The highest BCUT2D eigenvalue weighted by Gasteiger charge is 2.31. The van der Waals surface area contributed by atoms with Gasteiger partial charge in [0.1, 0.15) is 12.4 Å². The average Bonchev–Trinajstić information content (AvgIpc) is 3.46. The molecular formula is C27H20ClN3O2S. The quantitative estimate of drug-likeness (QED) is 0.281. The van der Waals surface area contributed by atoms with Crippen molar-refractivity contribution >= 4 is 45.8 Å². The Bertz CT molecular complexity index is 1410. The standard InChI is InChI=1S/C27H20ClN3O2S/c1-18-22(15-20-11-6-8-14-25(20)33-16-21-12-5-7-13-23(21)28)26(32)31(30-18)27-29-24(17-34-27)19-9-3-2-4-10-19/h2-15,17H,16H2,1H3. The number of ether oxygens (including phenoxy) is 1. The first-order chi connectivity index (χ1) is 16.6. The predicted molar refractivity (Wildman–Crippen MR) is 138 cm³/mol. The molecule has 0 unspecified atom stereocenters. The van der Waals surface area contributed by atoms with Gasteiger partial charge in [-0.15, -0.1) is 11.3 Å².